The predicted octanol–water partition coefficient (Wildman–Crippen LogP) is 2.01. The number of nitrogens with zero attached hydrogens (tertiary/aromatic N) is 1. The van der Waals surface area contributed by atoms with E-state index >= 15 is 0 Å². The minimum Gasteiger partial charge on any atom is -0.390 e. The van der Waals surface area contributed by atoms with E-state index in [0.717, 1.165) is 11.1 Å². The van der Waals surface area contributed by atoms with Crippen molar-refractivity contribution in [1.29, 1.82) is 0 Å². The Morgan fingerprint density at radius 3 is 2.36 bits per heavy atom. The van der Waals surface area contributed by atoms with E-state index in [1.165, 1.54) is 6.34 Å². The zero-order valence-corrected chi connectivity index (χ0v) is 7.09. The molecule has 2 nitrogen and oxygen atoms in total. The van der Waals surface area contributed by atoms with Gasteiger partial charge in [-0.2, -0.15) is 0 Å². The minimum absolute atomic E-state index is 0.614. The summed E-state index contributed by atoms with van der Waals surface area (Å²) in [5.41, 5.74) is 7.61. The maximum atomic E-state index is 5.10. The van der Waals surface area contributed by atoms with Crippen molar-refractivity contribution in [3.8, 4) is 0 Å². The molecule has 0 saturated heterocycles. The van der Waals surface area contributed by atoms with Gasteiger partial charge >= 0.3 is 0 Å². The second kappa shape index (κ2) is 4.50. The molecule has 11 heavy (non-hydrogen) atoms. The van der Waals surface area contributed by atoms with Gasteiger partial charge < -0.3 is 5.73 Å². The molecule has 0 heterocycles. The molecule has 0 rings (SSSR count). The molecule has 0 aromatic heterocycles. The largest absolute Gasteiger partial charge is 0.390 e. The van der Waals surface area contributed by atoms with Crippen molar-refractivity contribution in [2.45, 2.75) is 13.8 Å². The maximum Gasteiger partial charge on any atom is 0.0860 e. The molecule has 60 valence electrons. The van der Waals surface area contributed by atoms with Gasteiger partial charge in [0.2, 0.25) is 0 Å². The molecule has 0 aromatic rings. The molecule has 0 saturated carbocycles. The normalized spacial score (nSPS) is 12.0. The van der Waals surface area contributed by atoms with Gasteiger partial charge in [-0.25, -0.2) is 4.99 Å². The molecule has 0 bridgehead atoms. The fourth-order valence-corrected chi connectivity index (χ4v) is 0.570. The Labute approximate surface area is 67.8 Å². The van der Waals surface area contributed by atoms with Crippen LogP contribution in [0.15, 0.2) is 41.1 Å². The van der Waals surface area contributed by atoms with Crippen LogP contribution < -0.4 is 5.73 Å². The van der Waals surface area contributed by atoms with Gasteiger partial charge in [0.25, 0.3) is 0 Å². The summed E-state index contributed by atoms with van der Waals surface area (Å²) < 4.78 is 0. The van der Waals surface area contributed by atoms with E-state index in [-0.39, 0.29) is 0 Å². The monoisotopic (exact) mass is 150 g/mol. The van der Waals surface area contributed by atoms with Crippen LogP contribution in [0.4, 0.5) is 0 Å². The third-order valence-electron chi connectivity index (χ3n) is 1.49. The van der Waals surface area contributed by atoms with E-state index in [0.29, 0.717) is 5.70 Å². The van der Waals surface area contributed by atoms with Crippen LogP contribution in [0.3, 0.4) is 0 Å². The average Bonchev–Trinajstić information content (AvgIpc) is 2.02. The van der Waals surface area contributed by atoms with Crippen LogP contribution in [0, 0.1) is 0 Å². The highest BCUT2D eigenvalue weighted by Crippen LogP contribution is 2.15. The molecule has 0 aromatic carbocycles. The Morgan fingerprint density at radius 2 is 2.00 bits per heavy atom. The molecule has 0 amide bonds. The average molecular weight is 150 g/mol. The van der Waals surface area contributed by atoms with Gasteiger partial charge in [0, 0.05) is 0 Å². The highest BCUT2D eigenvalue weighted by molar-refractivity contribution is 5.56. The van der Waals surface area contributed by atoms with Crippen LogP contribution in [0.2, 0.25) is 0 Å². The van der Waals surface area contributed by atoms with Gasteiger partial charge in [0.05, 0.1) is 12.0 Å². The van der Waals surface area contributed by atoms with Crippen molar-refractivity contribution < 1.29 is 0 Å². The predicted molar refractivity (Wildman–Crippen MR) is 50.4 cm³/mol. The maximum absolute atomic E-state index is 5.10. The Bertz CT molecular complexity index is 222. The van der Waals surface area contributed by atoms with Crippen molar-refractivity contribution in [2.24, 2.45) is 10.7 Å². The highest BCUT2D eigenvalue weighted by Gasteiger charge is 1.97. The van der Waals surface area contributed by atoms with Gasteiger partial charge in [-0.05, 0) is 25.0 Å². The SMILES string of the molecule is C=C(/N=C\N)C(=C)/C(C)=C\C. The fourth-order valence-electron chi connectivity index (χ4n) is 0.570. The summed E-state index contributed by atoms with van der Waals surface area (Å²) in [5.74, 6) is 0. The Morgan fingerprint density at radius 1 is 1.45 bits per heavy atom. The summed E-state index contributed by atoms with van der Waals surface area (Å²) in [6, 6.07) is 0. The molecule has 0 aliphatic carbocycles. The van der Waals surface area contributed by atoms with E-state index in [1.54, 1.807) is 0 Å². The third-order valence-corrected chi connectivity index (χ3v) is 1.49. The molecule has 0 aliphatic heterocycles. The Kier molecular flexibility index (Phi) is 3.96. The van der Waals surface area contributed by atoms with E-state index in [1.807, 2.05) is 19.9 Å². The van der Waals surface area contributed by atoms with E-state index < -0.39 is 0 Å². The summed E-state index contributed by atoms with van der Waals surface area (Å²) in [6.07, 6.45) is 3.18. The second-order valence-electron chi connectivity index (χ2n) is 2.18. The van der Waals surface area contributed by atoms with Gasteiger partial charge in [-0.1, -0.05) is 19.2 Å². The van der Waals surface area contributed by atoms with Crippen LogP contribution in [0.1, 0.15) is 13.8 Å². The lowest BCUT2D eigenvalue weighted by atomic mass is 10.1. The number of aliphatic imine (C=N–C) groups is 1. The number of hydrogen-bond donors (Lipinski definition) is 1. The van der Waals surface area contributed by atoms with E-state index in [4.69, 9.17) is 5.73 Å². The van der Waals surface area contributed by atoms with Crippen LogP contribution in [0.5, 0.6) is 0 Å². The molecule has 0 unspecified atom stereocenters. The zero-order chi connectivity index (χ0) is 8.85. The van der Waals surface area contributed by atoms with Crippen LogP contribution in [-0.2, 0) is 0 Å². The van der Waals surface area contributed by atoms with Gasteiger partial charge in [0.1, 0.15) is 0 Å². The summed E-state index contributed by atoms with van der Waals surface area (Å²) in [6.45, 7) is 11.4. The van der Waals surface area contributed by atoms with E-state index in [9.17, 15) is 0 Å². The topological polar surface area (TPSA) is 38.4 Å². The fraction of sp³-hybridized carbons (Fsp3) is 0.222. The lowest BCUT2D eigenvalue weighted by Gasteiger charge is -2.02. The first kappa shape index (κ1) is 9.69. The number of rotatable bonds is 3. The second-order valence-corrected chi connectivity index (χ2v) is 2.18. The number of hydrogen-bond acceptors (Lipinski definition) is 1. The molecule has 2 N–H and O–H groups in total. The summed E-state index contributed by atoms with van der Waals surface area (Å²) in [5, 5.41) is 0. The number of allylic oxidation sites excluding steroid dienone is 2. The molecule has 0 aliphatic rings. The first-order valence-corrected chi connectivity index (χ1v) is 3.39. The van der Waals surface area contributed by atoms with Crippen molar-refractivity contribution in [3.63, 3.8) is 0 Å². The standard InChI is InChI=1S/C9H14N2/c1-5-7(2)8(3)9(4)11-6-10/h5-6H,3-4H2,1-2H3,(H2,10,11)/b7-5-. The molecular weight excluding hydrogens is 136 g/mol. The zero-order valence-electron chi connectivity index (χ0n) is 7.09. The van der Waals surface area contributed by atoms with Crippen LogP contribution >= 0.6 is 0 Å². The van der Waals surface area contributed by atoms with Crippen molar-refractivity contribution >= 4 is 6.34 Å². The lowest BCUT2D eigenvalue weighted by Crippen LogP contribution is -1.92. The molecule has 0 fully saturated rings. The van der Waals surface area contributed by atoms with E-state index in [2.05, 4.69) is 18.2 Å². The van der Waals surface area contributed by atoms with Crippen LogP contribution in [0.25, 0.3) is 0 Å². The molecule has 2 heteroatoms. The third kappa shape index (κ3) is 2.85. The molecular formula is C9H14N2. The van der Waals surface area contributed by atoms with Gasteiger partial charge in [-0.3, -0.25) is 0 Å². The van der Waals surface area contributed by atoms with Gasteiger partial charge in [-0.15, -0.1) is 0 Å². The van der Waals surface area contributed by atoms with Crippen molar-refractivity contribution in [2.75, 3.05) is 0 Å². The smallest absolute Gasteiger partial charge is 0.0860 e. The minimum atomic E-state index is 0.614. The lowest BCUT2D eigenvalue weighted by molar-refractivity contribution is 1.29. The molecule has 0 atom stereocenters. The summed E-state index contributed by atoms with van der Waals surface area (Å²) >= 11 is 0. The Balaban J connectivity index is 4.39. The van der Waals surface area contributed by atoms with Crippen molar-refractivity contribution in [1.82, 2.24) is 0 Å². The molecule has 0 radical (unpaired) electrons. The summed E-state index contributed by atoms with van der Waals surface area (Å²) in [7, 11) is 0. The van der Waals surface area contributed by atoms with Crippen LogP contribution in [-0.4, -0.2) is 6.34 Å². The summed E-state index contributed by atoms with van der Waals surface area (Å²) in [4.78, 5) is 3.81. The van der Waals surface area contributed by atoms with Crippen molar-refractivity contribution in [3.05, 3.63) is 36.1 Å². The highest BCUT2D eigenvalue weighted by atomic mass is 14.8. The number of nitrogens with two attached hydrogens (primary N) is 1. The first-order valence-electron chi connectivity index (χ1n) is 3.39. The first-order chi connectivity index (χ1) is 5.13. The van der Waals surface area contributed by atoms with Gasteiger partial charge in [0.15, 0.2) is 0 Å². The Hall–Kier alpha value is -1.31. The quantitative estimate of drug-likeness (QED) is 0.373. The molecule has 0 spiro atoms.